The summed E-state index contributed by atoms with van der Waals surface area (Å²) in [4.78, 5) is 0. The molecule has 0 bridgehead atoms. The highest BCUT2D eigenvalue weighted by molar-refractivity contribution is 7.08. The molecule has 1 nitrogen and oxygen atoms in total. The second-order valence-corrected chi connectivity index (χ2v) is 4.89. The number of rotatable bonds is 1. The zero-order valence-electron chi connectivity index (χ0n) is 7.59. The second kappa shape index (κ2) is 2.55. The van der Waals surface area contributed by atoms with E-state index in [0.717, 1.165) is 5.56 Å². The van der Waals surface area contributed by atoms with Crippen molar-refractivity contribution in [1.29, 1.82) is 0 Å². The van der Waals surface area contributed by atoms with Crippen LogP contribution in [-0.4, -0.2) is 19.0 Å². The molecule has 0 unspecified atom stereocenters. The molecule has 1 aromatic rings. The Morgan fingerprint density at radius 2 is 2.36 bits per heavy atom. The standard InChI is InChI=1S/C10H11F2NS/c11-10(12)8-5-13-3-2-9(8,10)7-1-4-14-6-7/h1,4,6,8,13H,2-3,5H2/t8-,9-/m0/s1. The van der Waals surface area contributed by atoms with E-state index in [2.05, 4.69) is 5.32 Å². The van der Waals surface area contributed by atoms with Gasteiger partial charge in [0.25, 0.3) is 5.92 Å². The Kier molecular flexibility index (Phi) is 1.60. The van der Waals surface area contributed by atoms with Gasteiger partial charge in [-0.15, -0.1) is 0 Å². The first-order valence-electron chi connectivity index (χ1n) is 4.81. The van der Waals surface area contributed by atoms with Crippen LogP contribution in [0, 0.1) is 5.92 Å². The first kappa shape index (κ1) is 8.80. The van der Waals surface area contributed by atoms with E-state index in [1.54, 1.807) is 0 Å². The molecule has 1 aromatic heterocycles. The maximum absolute atomic E-state index is 13.7. The molecule has 0 amide bonds. The van der Waals surface area contributed by atoms with Crippen molar-refractivity contribution in [2.24, 2.45) is 5.92 Å². The molecule has 76 valence electrons. The molecule has 0 spiro atoms. The van der Waals surface area contributed by atoms with Crippen molar-refractivity contribution < 1.29 is 8.78 Å². The Morgan fingerprint density at radius 3 is 3.00 bits per heavy atom. The van der Waals surface area contributed by atoms with Gasteiger partial charge in [-0.2, -0.15) is 11.3 Å². The van der Waals surface area contributed by atoms with Gasteiger partial charge < -0.3 is 5.32 Å². The van der Waals surface area contributed by atoms with Crippen LogP contribution in [0.4, 0.5) is 8.78 Å². The second-order valence-electron chi connectivity index (χ2n) is 4.11. The van der Waals surface area contributed by atoms with Crippen LogP contribution >= 0.6 is 11.3 Å². The lowest BCUT2D eigenvalue weighted by Crippen LogP contribution is -2.31. The maximum Gasteiger partial charge on any atom is 0.263 e. The van der Waals surface area contributed by atoms with Crippen molar-refractivity contribution in [1.82, 2.24) is 5.32 Å². The highest BCUT2D eigenvalue weighted by Gasteiger charge is 2.80. The summed E-state index contributed by atoms with van der Waals surface area (Å²) in [6, 6.07) is 1.85. The van der Waals surface area contributed by atoms with Gasteiger partial charge in [0.15, 0.2) is 0 Å². The molecule has 1 N–H and O–H groups in total. The van der Waals surface area contributed by atoms with Crippen LogP contribution in [0.1, 0.15) is 12.0 Å². The summed E-state index contributed by atoms with van der Waals surface area (Å²) >= 11 is 1.51. The topological polar surface area (TPSA) is 12.0 Å². The van der Waals surface area contributed by atoms with E-state index in [4.69, 9.17) is 0 Å². The molecule has 3 rings (SSSR count). The number of piperidine rings is 1. The van der Waals surface area contributed by atoms with E-state index in [1.165, 1.54) is 11.3 Å². The fraction of sp³-hybridized carbons (Fsp3) is 0.600. The molecule has 1 aliphatic carbocycles. The average Bonchev–Trinajstić information content (AvgIpc) is 2.62. The molecular weight excluding hydrogens is 204 g/mol. The first-order chi connectivity index (χ1) is 6.69. The van der Waals surface area contributed by atoms with Crippen LogP contribution in [0.2, 0.25) is 0 Å². The molecule has 2 aliphatic rings. The number of alkyl halides is 2. The lowest BCUT2D eigenvalue weighted by atomic mass is 9.89. The third-order valence-corrected chi connectivity index (χ3v) is 4.31. The Morgan fingerprint density at radius 1 is 1.50 bits per heavy atom. The van der Waals surface area contributed by atoms with Crippen molar-refractivity contribution in [3.63, 3.8) is 0 Å². The van der Waals surface area contributed by atoms with E-state index in [0.29, 0.717) is 19.5 Å². The van der Waals surface area contributed by atoms with E-state index in [1.807, 2.05) is 16.8 Å². The Balaban J connectivity index is 2.04. The van der Waals surface area contributed by atoms with Crippen LogP contribution < -0.4 is 5.32 Å². The summed E-state index contributed by atoms with van der Waals surface area (Å²) in [6.45, 7) is 1.17. The normalized spacial score (nSPS) is 39.1. The fourth-order valence-corrected chi connectivity index (χ4v) is 3.50. The fourth-order valence-electron chi connectivity index (χ4n) is 2.76. The smallest absolute Gasteiger partial charge is 0.263 e. The van der Waals surface area contributed by atoms with Crippen molar-refractivity contribution >= 4 is 11.3 Å². The predicted molar refractivity (Wildman–Crippen MR) is 51.9 cm³/mol. The number of fused-ring (bicyclic) bond motifs is 1. The summed E-state index contributed by atoms with van der Waals surface area (Å²) in [5.74, 6) is -2.96. The lowest BCUT2D eigenvalue weighted by molar-refractivity contribution is 0.0782. The molecule has 2 heterocycles. The number of halogens is 2. The summed E-state index contributed by atoms with van der Waals surface area (Å²) in [5, 5.41) is 6.80. The maximum atomic E-state index is 13.7. The van der Waals surface area contributed by atoms with Gasteiger partial charge >= 0.3 is 0 Å². The molecule has 14 heavy (non-hydrogen) atoms. The minimum atomic E-state index is -2.49. The summed E-state index contributed by atoms with van der Waals surface area (Å²) in [6.07, 6.45) is 0.571. The van der Waals surface area contributed by atoms with Gasteiger partial charge in [-0.3, -0.25) is 0 Å². The number of hydrogen-bond donors (Lipinski definition) is 1. The molecular formula is C10H11F2NS. The largest absolute Gasteiger partial charge is 0.316 e. The van der Waals surface area contributed by atoms with Crippen LogP contribution in [0.5, 0.6) is 0 Å². The van der Waals surface area contributed by atoms with Gasteiger partial charge in [0.1, 0.15) is 0 Å². The number of hydrogen-bond acceptors (Lipinski definition) is 2. The molecule has 0 aromatic carbocycles. The van der Waals surface area contributed by atoms with Crippen molar-refractivity contribution in [3.05, 3.63) is 22.4 Å². The van der Waals surface area contributed by atoms with Gasteiger partial charge in [-0.05, 0) is 35.4 Å². The zero-order valence-corrected chi connectivity index (χ0v) is 8.41. The quantitative estimate of drug-likeness (QED) is 0.757. The molecule has 1 saturated heterocycles. The Bertz CT molecular complexity index is 349. The van der Waals surface area contributed by atoms with Crippen LogP contribution in [0.15, 0.2) is 16.8 Å². The van der Waals surface area contributed by atoms with Crippen LogP contribution in [0.3, 0.4) is 0 Å². The highest BCUT2D eigenvalue weighted by atomic mass is 32.1. The van der Waals surface area contributed by atoms with Gasteiger partial charge in [0.2, 0.25) is 0 Å². The van der Waals surface area contributed by atoms with Crippen molar-refractivity contribution in [3.8, 4) is 0 Å². The first-order valence-corrected chi connectivity index (χ1v) is 5.75. The zero-order chi connectivity index (χ0) is 9.81. The third-order valence-electron chi connectivity index (χ3n) is 3.62. The summed E-state index contributed by atoms with van der Waals surface area (Å²) < 4.78 is 27.4. The predicted octanol–water partition coefficient (Wildman–Crippen LogP) is 2.24. The molecule has 1 saturated carbocycles. The van der Waals surface area contributed by atoms with E-state index in [9.17, 15) is 8.78 Å². The average molecular weight is 215 g/mol. The Hall–Kier alpha value is -0.480. The third kappa shape index (κ3) is 0.816. The minimum Gasteiger partial charge on any atom is -0.316 e. The van der Waals surface area contributed by atoms with E-state index < -0.39 is 17.3 Å². The SMILES string of the molecule is FC1(F)[C@H]2CNCC[C@]21c1ccsc1. The van der Waals surface area contributed by atoms with Gasteiger partial charge in [0, 0.05) is 6.54 Å². The molecule has 0 radical (unpaired) electrons. The lowest BCUT2D eigenvalue weighted by Gasteiger charge is -2.19. The minimum absolute atomic E-state index is 0.461. The van der Waals surface area contributed by atoms with Gasteiger partial charge in [-0.25, -0.2) is 8.78 Å². The molecule has 1 aliphatic heterocycles. The van der Waals surface area contributed by atoms with E-state index >= 15 is 0 Å². The van der Waals surface area contributed by atoms with Crippen molar-refractivity contribution in [2.75, 3.05) is 13.1 Å². The summed E-state index contributed by atoms with van der Waals surface area (Å²) in [5.41, 5.74) is 0.0251. The number of thiophene rings is 1. The van der Waals surface area contributed by atoms with E-state index in [-0.39, 0.29) is 0 Å². The highest BCUT2D eigenvalue weighted by Crippen LogP contribution is 2.69. The molecule has 2 atom stereocenters. The van der Waals surface area contributed by atoms with Crippen molar-refractivity contribution in [2.45, 2.75) is 17.8 Å². The monoisotopic (exact) mass is 215 g/mol. The van der Waals surface area contributed by atoms with Crippen LogP contribution in [0.25, 0.3) is 0 Å². The summed E-state index contributed by atoms with van der Waals surface area (Å²) in [7, 11) is 0. The molecule has 2 fully saturated rings. The Labute approximate surface area is 85.1 Å². The van der Waals surface area contributed by atoms with Gasteiger partial charge in [-0.1, -0.05) is 0 Å². The molecule has 4 heteroatoms. The number of nitrogens with one attached hydrogen (secondary N) is 1. The van der Waals surface area contributed by atoms with Crippen LogP contribution in [-0.2, 0) is 5.41 Å². The van der Waals surface area contributed by atoms with Gasteiger partial charge in [0.05, 0.1) is 11.3 Å².